The Hall–Kier alpha value is -1.93. The Labute approximate surface area is 131 Å². The summed E-state index contributed by atoms with van der Waals surface area (Å²) in [6.45, 7) is -1.64. The number of benzene rings is 1. The van der Waals surface area contributed by atoms with E-state index in [2.05, 4.69) is 9.72 Å². The number of halogens is 2. The second-order valence-corrected chi connectivity index (χ2v) is 5.85. The van der Waals surface area contributed by atoms with Gasteiger partial charge in [-0.1, -0.05) is 6.07 Å². The number of hydrogen-bond donors (Lipinski definition) is 1. The molecule has 5 nitrogen and oxygen atoms in total. The molecule has 0 unspecified atom stereocenters. The van der Waals surface area contributed by atoms with E-state index in [0.29, 0.717) is 18.2 Å². The van der Waals surface area contributed by atoms with Crippen LogP contribution in [-0.2, 0) is 13.1 Å². The molecule has 0 atom stereocenters. The number of thiazole rings is 1. The fourth-order valence-electron chi connectivity index (χ4n) is 2.04. The average Bonchev–Trinajstić information content (AvgIpc) is 2.83. The number of nitrogen functional groups attached to an aromatic ring is 1. The van der Waals surface area contributed by atoms with Gasteiger partial charge in [-0.05, 0) is 24.7 Å². The molecule has 0 bridgehead atoms. The van der Waals surface area contributed by atoms with E-state index in [9.17, 15) is 8.78 Å². The van der Waals surface area contributed by atoms with Crippen molar-refractivity contribution in [2.75, 3.05) is 19.9 Å². The Bertz CT molecular complexity index is 622. The molecular weight excluding hydrogens is 312 g/mol. The lowest BCUT2D eigenvalue weighted by Crippen LogP contribution is -2.16. The van der Waals surface area contributed by atoms with Crippen LogP contribution in [0.2, 0.25) is 0 Å². The second-order valence-electron chi connectivity index (χ2n) is 4.70. The van der Waals surface area contributed by atoms with Gasteiger partial charge in [-0.2, -0.15) is 8.78 Å². The molecule has 22 heavy (non-hydrogen) atoms. The van der Waals surface area contributed by atoms with Crippen molar-refractivity contribution in [2.24, 2.45) is 0 Å². The molecular formula is C14H17F2N3O2S. The summed E-state index contributed by atoms with van der Waals surface area (Å²) in [6.07, 6.45) is 1.73. The van der Waals surface area contributed by atoms with E-state index >= 15 is 0 Å². The molecule has 2 aromatic rings. The lowest BCUT2D eigenvalue weighted by molar-refractivity contribution is -0.0512. The smallest absolute Gasteiger partial charge is 0.387 e. The van der Waals surface area contributed by atoms with E-state index in [-0.39, 0.29) is 11.5 Å². The lowest BCUT2D eigenvalue weighted by Gasteiger charge is -2.17. The summed E-state index contributed by atoms with van der Waals surface area (Å²) in [5.41, 5.74) is 6.44. The highest BCUT2D eigenvalue weighted by Gasteiger charge is 2.12. The van der Waals surface area contributed by atoms with Crippen LogP contribution in [0.3, 0.4) is 0 Å². The maximum Gasteiger partial charge on any atom is 0.387 e. The molecule has 0 saturated carbocycles. The third kappa shape index (κ3) is 4.54. The monoisotopic (exact) mass is 329 g/mol. The molecule has 0 spiro atoms. The number of aromatic nitrogens is 1. The predicted molar refractivity (Wildman–Crippen MR) is 81.3 cm³/mol. The Morgan fingerprint density at radius 1 is 1.32 bits per heavy atom. The molecule has 0 radical (unpaired) electrons. The van der Waals surface area contributed by atoms with Crippen molar-refractivity contribution >= 4 is 16.5 Å². The summed E-state index contributed by atoms with van der Waals surface area (Å²) < 4.78 is 34.3. The first-order chi connectivity index (χ1) is 10.5. The van der Waals surface area contributed by atoms with Gasteiger partial charge < -0.3 is 15.2 Å². The minimum absolute atomic E-state index is 0.0328. The summed E-state index contributed by atoms with van der Waals surface area (Å²) in [5, 5.41) is 0.528. The summed E-state index contributed by atoms with van der Waals surface area (Å²) in [6, 6.07) is 4.99. The van der Waals surface area contributed by atoms with Crippen molar-refractivity contribution in [3.05, 3.63) is 34.8 Å². The van der Waals surface area contributed by atoms with Crippen LogP contribution >= 0.6 is 11.3 Å². The van der Waals surface area contributed by atoms with E-state index in [1.54, 1.807) is 18.3 Å². The Morgan fingerprint density at radius 3 is 2.68 bits per heavy atom. The first kappa shape index (κ1) is 16.4. The van der Waals surface area contributed by atoms with E-state index in [1.165, 1.54) is 18.4 Å². The number of ether oxygens (including phenoxy) is 2. The zero-order valence-electron chi connectivity index (χ0n) is 12.3. The highest BCUT2D eigenvalue weighted by molar-refractivity contribution is 7.15. The van der Waals surface area contributed by atoms with Crippen LogP contribution in [0.5, 0.6) is 11.5 Å². The molecule has 2 N–H and O–H groups in total. The Kier molecular flexibility index (Phi) is 5.51. The van der Waals surface area contributed by atoms with Crippen LogP contribution in [-0.4, -0.2) is 30.7 Å². The number of methoxy groups -OCH3 is 1. The first-order valence-electron chi connectivity index (χ1n) is 6.48. The van der Waals surface area contributed by atoms with Crippen molar-refractivity contribution in [1.82, 2.24) is 9.88 Å². The first-order valence-corrected chi connectivity index (χ1v) is 7.30. The highest BCUT2D eigenvalue weighted by atomic mass is 32.1. The van der Waals surface area contributed by atoms with Gasteiger partial charge in [-0.25, -0.2) is 4.98 Å². The largest absolute Gasteiger partial charge is 0.493 e. The van der Waals surface area contributed by atoms with E-state index < -0.39 is 6.61 Å². The number of anilines is 1. The standard InChI is InChI=1S/C14H17F2N3O2S/c1-19(8-10-6-18-14(17)22-10)7-9-3-4-11(20-2)12(5-9)21-13(15)16/h3-6,13H,7-8H2,1-2H3,(H2,17,18). The van der Waals surface area contributed by atoms with Crippen molar-refractivity contribution < 1.29 is 18.3 Å². The molecule has 0 aliphatic rings. The number of hydrogen-bond acceptors (Lipinski definition) is 6. The van der Waals surface area contributed by atoms with Gasteiger partial charge in [0.25, 0.3) is 0 Å². The van der Waals surface area contributed by atoms with Gasteiger partial charge in [-0.3, -0.25) is 4.90 Å². The molecule has 1 aromatic heterocycles. The van der Waals surface area contributed by atoms with Gasteiger partial charge in [0.2, 0.25) is 0 Å². The fourth-order valence-corrected chi connectivity index (χ4v) is 2.80. The number of nitrogens with two attached hydrogens (primary N) is 1. The summed E-state index contributed by atoms with van der Waals surface area (Å²) in [4.78, 5) is 7.06. The van der Waals surface area contributed by atoms with Crippen LogP contribution in [0.1, 0.15) is 10.4 Å². The molecule has 0 fully saturated rings. The Balaban J connectivity index is 2.05. The molecule has 120 valence electrons. The topological polar surface area (TPSA) is 60.6 Å². The minimum atomic E-state index is -2.89. The van der Waals surface area contributed by atoms with E-state index in [0.717, 1.165) is 10.4 Å². The highest BCUT2D eigenvalue weighted by Crippen LogP contribution is 2.30. The van der Waals surface area contributed by atoms with Crippen molar-refractivity contribution in [1.29, 1.82) is 0 Å². The maximum absolute atomic E-state index is 12.4. The van der Waals surface area contributed by atoms with Crippen LogP contribution in [0, 0.1) is 0 Å². The molecule has 8 heteroatoms. The molecule has 0 aliphatic heterocycles. The van der Waals surface area contributed by atoms with Crippen LogP contribution in [0.4, 0.5) is 13.9 Å². The molecule has 2 rings (SSSR count). The SMILES string of the molecule is COc1ccc(CN(C)Cc2cnc(N)s2)cc1OC(F)F. The fraction of sp³-hybridized carbons (Fsp3) is 0.357. The van der Waals surface area contributed by atoms with Crippen LogP contribution in [0.25, 0.3) is 0 Å². The zero-order valence-corrected chi connectivity index (χ0v) is 13.1. The van der Waals surface area contributed by atoms with Crippen molar-refractivity contribution in [2.45, 2.75) is 19.7 Å². The maximum atomic E-state index is 12.4. The number of rotatable bonds is 7. The molecule has 0 amide bonds. The van der Waals surface area contributed by atoms with E-state index in [1.807, 2.05) is 18.0 Å². The predicted octanol–water partition coefficient (Wildman–Crippen LogP) is 2.97. The van der Waals surface area contributed by atoms with Gasteiger partial charge in [-0.15, -0.1) is 11.3 Å². The Morgan fingerprint density at radius 2 is 2.09 bits per heavy atom. The molecule has 1 heterocycles. The summed E-state index contributed by atoms with van der Waals surface area (Å²) in [5.74, 6) is 0.312. The lowest BCUT2D eigenvalue weighted by atomic mass is 10.2. The van der Waals surface area contributed by atoms with Gasteiger partial charge >= 0.3 is 6.61 Å². The van der Waals surface area contributed by atoms with Gasteiger partial charge in [0.15, 0.2) is 16.6 Å². The quantitative estimate of drug-likeness (QED) is 0.846. The van der Waals surface area contributed by atoms with Crippen molar-refractivity contribution in [3.8, 4) is 11.5 Å². The summed E-state index contributed by atoms with van der Waals surface area (Å²) >= 11 is 1.43. The molecule has 0 saturated heterocycles. The normalized spacial score (nSPS) is 11.2. The van der Waals surface area contributed by atoms with Crippen LogP contribution < -0.4 is 15.2 Å². The average molecular weight is 329 g/mol. The number of nitrogens with zero attached hydrogens (tertiary/aromatic N) is 2. The summed E-state index contributed by atoms with van der Waals surface area (Å²) in [7, 11) is 3.33. The number of alkyl halides is 2. The van der Waals surface area contributed by atoms with Crippen molar-refractivity contribution in [3.63, 3.8) is 0 Å². The third-order valence-electron chi connectivity index (χ3n) is 2.89. The van der Waals surface area contributed by atoms with Gasteiger partial charge in [0, 0.05) is 24.2 Å². The zero-order chi connectivity index (χ0) is 16.1. The third-order valence-corrected chi connectivity index (χ3v) is 3.71. The van der Waals surface area contributed by atoms with Crippen LogP contribution in [0.15, 0.2) is 24.4 Å². The van der Waals surface area contributed by atoms with Gasteiger partial charge in [0.1, 0.15) is 0 Å². The minimum Gasteiger partial charge on any atom is -0.493 e. The van der Waals surface area contributed by atoms with E-state index in [4.69, 9.17) is 10.5 Å². The molecule has 1 aromatic carbocycles. The second kappa shape index (κ2) is 7.37. The molecule has 0 aliphatic carbocycles. The van der Waals surface area contributed by atoms with Gasteiger partial charge in [0.05, 0.1) is 7.11 Å².